The Morgan fingerprint density at radius 3 is 2.73 bits per heavy atom. The summed E-state index contributed by atoms with van der Waals surface area (Å²) in [6.07, 6.45) is 2.98. The third-order valence-corrected chi connectivity index (χ3v) is 4.64. The quantitative estimate of drug-likeness (QED) is 0.847. The topological polar surface area (TPSA) is 24.3 Å². The average Bonchev–Trinajstić information content (AvgIpc) is 3.02. The Labute approximate surface area is 133 Å². The van der Waals surface area contributed by atoms with Crippen LogP contribution in [0.15, 0.2) is 42.6 Å². The van der Waals surface area contributed by atoms with E-state index in [1.165, 1.54) is 11.3 Å². The molecule has 22 heavy (non-hydrogen) atoms. The van der Waals surface area contributed by atoms with E-state index in [9.17, 15) is 0 Å². The molecule has 1 aromatic carbocycles. The molecular weight excluding hydrogens is 272 g/mol. The molecule has 118 valence electrons. The summed E-state index contributed by atoms with van der Waals surface area (Å²) in [5, 5.41) is 4.38. The van der Waals surface area contributed by atoms with E-state index < -0.39 is 0 Å². The molecule has 0 amide bonds. The van der Waals surface area contributed by atoms with Gasteiger partial charge in [-0.25, -0.2) is 0 Å². The van der Waals surface area contributed by atoms with Gasteiger partial charge in [-0.05, 0) is 25.6 Å². The molecule has 1 saturated heterocycles. The number of benzene rings is 1. The minimum Gasteiger partial charge on any atom is -0.303 e. The van der Waals surface area contributed by atoms with Crippen molar-refractivity contribution in [1.29, 1.82) is 0 Å². The first-order chi connectivity index (χ1) is 10.8. The molecule has 0 radical (unpaired) electrons. The molecule has 1 aromatic heterocycles. The van der Waals surface area contributed by atoms with Gasteiger partial charge in [0.2, 0.25) is 0 Å². The third-order valence-electron chi connectivity index (χ3n) is 4.64. The molecule has 1 atom stereocenters. The molecule has 2 aromatic rings. The Balaban J connectivity index is 1.70. The zero-order valence-corrected chi connectivity index (χ0v) is 13.7. The lowest BCUT2D eigenvalue weighted by molar-refractivity contribution is 0.0905. The highest BCUT2D eigenvalue weighted by molar-refractivity contribution is 5.20. The largest absolute Gasteiger partial charge is 0.303 e. The van der Waals surface area contributed by atoms with Gasteiger partial charge in [0.05, 0.1) is 0 Å². The first-order valence-electron chi connectivity index (χ1n) is 8.26. The highest BCUT2D eigenvalue weighted by Gasteiger charge is 2.26. The summed E-state index contributed by atoms with van der Waals surface area (Å²) in [6, 6.07) is 13.6. The van der Waals surface area contributed by atoms with E-state index in [0.29, 0.717) is 6.04 Å². The molecule has 2 heterocycles. The Morgan fingerprint density at radius 2 is 1.95 bits per heavy atom. The highest BCUT2D eigenvalue weighted by Crippen LogP contribution is 2.24. The number of nitrogens with zero attached hydrogens (tertiary/aromatic N) is 4. The first-order valence-corrected chi connectivity index (χ1v) is 8.26. The molecule has 0 spiro atoms. The predicted molar refractivity (Wildman–Crippen MR) is 89.9 cm³/mol. The number of piperazine rings is 1. The van der Waals surface area contributed by atoms with Crippen LogP contribution in [0.2, 0.25) is 0 Å². The van der Waals surface area contributed by atoms with Crippen LogP contribution >= 0.6 is 0 Å². The van der Waals surface area contributed by atoms with Crippen molar-refractivity contribution in [1.82, 2.24) is 19.6 Å². The van der Waals surface area contributed by atoms with Crippen molar-refractivity contribution in [2.45, 2.75) is 25.9 Å². The Morgan fingerprint density at radius 1 is 1.14 bits per heavy atom. The maximum absolute atomic E-state index is 4.38. The number of aromatic nitrogens is 2. The molecule has 0 saturated carbocycles. The summed E-state index contributed by atoms with van der Waals surface area (Å²) in [5.74, 6) is 0. The van der Waals surface area contributed by atoms with Crippen molar-refractivity contribution in [2.24, 2.45) is 0 Å². The van der Waals surface area contributed by atoms with E-state index in [2.05, 4.69) is 69.9 Å². The van der Waals surface area contributed by atoms with E-state index >= 15 is 0 Å². The molecular formula is C18H26N4. The molecule has 0 bridgehead atoms. The van der Waals surface area contributed by atoms with E-state index in [-0.39, 0.29) is 0 Å². The Bertz CT molecular complexity index is 578. The van der Waals surface area contributed by atoms with Gasteiger partial charge >= 0.3 is 0 Å². The van der Waals surface area contributed by atoms with Crippen molar-refractivity contribution in [2.75, 3.05) is 33.2 Å². The fourth-order valence-corrected chi connectivity index (χ4v) is 3.33. The molecule has 0 N–H and O–H groups in total. The molecule has 1 aliphatic heterocycles. The van der Waals surface area contributed by atoms with Crippen LogP contribution in [0.5, 0.6) is 0 Å². The SMILES string of the molecule is CCn1nccc1CCN1CCN(C)C[C@@H]1c1ccccc1. The van der Waals surface area contributed by atoms with Crippen LogP contribution in [-0.4, -0.2) is 52.8 Å². The van der Waals surface area contributed by atoms with Crippen LogP contribution in [0.3, 0.4) is 0 Å². The van der Waals surface area contributed by atoms with Gasteiger partial charge in [0.15, 0.2) is 0 Å². The van der Waals surface area contributed by atoms with Crippen LogP contribution in [0, 0.1) is 0 Å². The number of aryl methyl sites for hydroxylation is 1. The van der Waals surface area contributed by atoms with Crippen molar-refractivity contribution >= 4 is 0 Å². The summed E-state index contributed by atoms with van der Waals surface area (Å²) in [7, 11) is 2.22. The van der Waals surface area contributed by atoms with Gasteiger partial charge in [-0.3, -0.25) is 9.58 Å². The monoisotopic (exact) mass is 298 g/mol. The van der Waals surface area contributed by atoms with Crippen LogP contribution in [-0.2, 0) is 13.0 Å². The number of rotatable bonds is 5. The molecule has 4 nitrogen and oxygen atoms in total. The lowest BCUT2D eigenvalue weighted by Gasteiger charge is -2.40. The van der Waals surface area contributed by atoms with E-state index in [4.69, 9.17) is 0 Å². The first kappa shape index (κ1) is 15.3. The molecule has 0 unspecified atom stereocenters. The highest BCUT2D eigenvalue weighted by atomic mass is 15.3. The molecule has 1 fully saturated rings. The number of hydrogen-bond donors (Lipinski definition) is 0. The van der Waals surface area contributed by atoms with Gasteiger partial charge in [0.25, 0.3) is 0 Å². The van der Waals surface area contributed by atoms with Gasteiger partial charge in [0, 0.05) is 57.1 Å². The van der Waals surface area contributed by atoms with Gasteiger partial charge in [0.1, 0.15) is 0 Å². The van der Waals surface area contributed by atoms with Crippen molar-refractivity contribution in [3.63, 3.8) is 0 Å². The minimum absolute atomic E-state index is 0.498. The summed E-state index contributed by atoms with van der Waals surface area (Å²) < 4.78 is 2.10. The van der Waals surface area contributed by atoms with Gasteiger partial charge in [-0.15, -0.1) is 0 Å². The molecule has 4 heteroatoms. The van der Waals surface area contributed by atoms with E-state index in [0.717, 1.165) is 39.1 Å². The second-order valence-corrected chi connectivity index (χ2v) is 6.11. The van der Waals surface area contributed by atoms with Gasteiger partial charge < -0.3 is 4.90 Å². The summed E-state index contributed by atoms with van der Waals surface area (Å²) in [5.41, 5.74) is 2.77. The standard InChI is InChI=1S/C18H26N4/c1-3-22-17(9-11-19-22)10-12-21-14-13-20(2)15-18(21)16-7-5-4-6-8-16/h4-9,11,18H,3,10,12-15H2,1-2H3/t18-/m1/s1. The maximum Gasteiger partial charge on any atom is 0.0492 e. The normalized spacial score (nSPS) is 20.4. The van der Waals surface area contributed by atoms with Crippen LogP contribution < -0.4 is 0 Å². The smallest absolute Gasteiger partial charge is 0.0492 e. The molecule has 0 aliphatic carbocycles. The van der Waals surface area contributed by atoms with Crippen molar-refractivity contribution < 1.29 is 0 Å². The van der Waals surface area contributed by atoms with Gasteiger partial charge in [-0.1, -0.05) is 30.3 Å². The second-order valence-electron chi connectivity index (χ2n) is 6.11. The van der Waals surface area contributed by atoms with Crippen molar-refractivity contribution in [3.8, 4) is 0 Å². The summed E-state index contributed by atoms with van der Waals surface area (Å²) in [6.45, 7) is 7.59. The maximum atomic E-state index is 4.38. The molecule has 1 aliphatic rings. The van der Waals surface area contributed by atoms with Crippen LogP contribution in [0.1, 0.15) is 24.2 Å². The second kappa shape index (κ2) is 7.07. The third kappa shape index (κ3) is 3.39. The summed E-state index contributed by atoms with van der Waals surface area (Å²) in [4.78, 5) is 5.06. The molecule has 3 rings (SSSR count). The zero-order chi connectivity index (χ0) is 15.4. The van der Waals surface area contributed by atoms with E-state index in [1.807, 2.05) is 6.20 Å². The van der Waals surface area contributed by atoms with E-state index in [1.54, 1.807) is 0 Å². The average molecular weight is 298 g/mol. The number of likely N-dealkylation sites (N-methyl/N-ethyl adjacent to an activating group) is 1. The number of hydrogen-bond acceptors (Lipinski definition) is 3. The zero-order valence-electron chi connectivity index (χ0n) is 13.7. The fourth-order valence-electron chi connectivity index (χ4n) is 3.33. The Kier molecular flexibility index (Phi) is 4.90. The van der Waals surface area contributed by atoms with Crippen molar-refractivity contribution in [3.05, 3.63) is 53.9 Å². The minimum atomic E-state index is 0.498. The van der Waals surface area contributed by atoms with Crippen LogP contribution in [0.4, 0.5) is 0 Å². The lowest BCUT2D eigenvalue weighted by atomic mass is 10.0. The summed E-state index contributed by atoms with van der Waals surface area (Å²) >= 11 is 0. The Hall–Kier alpha value is -1.65. The van der Waals surface area contributed by atoms with Crippen LogP contribution in [0.25, 0.3) is 0 Å². The predicted octanol–water partition coefficient (Wildman–Crippen LogP) is 2.43. The fraction of sp³-hybridized carbons (Fsp3) is 0.500. The lowest BCUT2D eigenvalue weighted by Crippen LogP contribution is -2.47. The van der Waals surface area contributed by atoms with Gasteiger partial charge in [-0.2, -0.15) is 5.10 Å².